The first-order valence-corrected chi connectivity index (χ1v) is 8.38. The second-order valence-electron chi connectivity index (χ2n) is 5.15. The van der Waals surface area contributed by atoms with Gasteiger partial charge in [0, 0.05) is 3.92 Å². The van der Waals surface area contributed by atoms with Crippen molar-refractivity contribution < 1.29 is 8.78 Å². The molecule has 0 aliphatic carbocycles. The lowest BCUT2D eigenvalue weighted by molar-refractivity contribution is 0.490. The van der Waals surface area contributed by atoms with Crippen LogP contribution < -0.4 is 0 Å². The molecule has 1 aromatic carbocycles. The summed E-state index contributed by atoms with van der Waals surface area (Å²) in [5.41, 5.74) is 0.899. The fourth-order valence-corrected chi connectivity index (χ4v) is 3.26. The van der Waals surface area contributed by atoms with Gasteiger partial charge in [0.2, 0.25) is 0 Å². The predicted octanol–water partition coefficient (Wildman–Crippen LogP) is 5.98. The zero-order valence-corrected chi connectivity index (χ0v) is 14.0. The standard InChI is InChI=1S/C16H23F2I/c1-3-7-14(19)9-6-4-5-8-13-11-10-12(2)15(17)16(13)18/h10-11,14H,3-9H2,1-2H3. The second-order valence-corrected chi connectivity index (χ2v) is 6.92. The highest BCUT2D eigenvalue weighted by Crippen LogP contribution is 2.20. The third kappa shape index (κ3) is 5.76. The van der Waals surface area contributed by atoms with Gasteiger partial charge < -0.3 is 0 Å². The molecule has 1 unspecified atom stereocenters. The first kappa shape index (κ1) is 16.9. The third-order valence-electron chi connectivity index (χ3n) is 3.42. The van der Waals surface area contributed by atoms with Gasteiger partial charge in [0.1, 0.15) is 0 Å². The smallest absolute Gasteiger partial charge is 0.162 e. The molecule has 0 N–H and O–H groups in total. The van der Waals surface area contributed by atoms with Gasteiger partial charge in [0.05, 0.1) is 0 Å². The van der Waals surface area contributed by atoms with E-state index in [1.807, 2.05) is 0 Å². The summed E-state index contributed by atoms with van der Waals surface area (Å²) in [6.45, 7) is 3.80. The maximum atomic E-state index is 13.6. The van der Waals surface area contributed by atoms with Crippen molar-refractivity contribution in [2.75, 3.05) is 0 Å². The minimum Gasteiger partial charge on any atom is -0.203 e. The van der Waals surface area contributed by atoms with Crippen LogP contribution in [0, 0.1) is 18.6 Å². The number of unbranched alkanes of at least 4 members (excludes halogenated alkanes) is 2. The van der Waals surface area contributed by atoms with Crippen LogP contribution in [0.25, 0.3) is 0 Å². The minimum absolute atomic E-state index is 0.383. The molecule has 0 nitrogen and oxygen atoms in total. The molecule has 0 saturated heterocycles. The van der Waals surface area contributed by atoms with Gasteiger partial charge in [-0.3, -0.25) is 0 Å². The van der Waals surface area contributed by atoms with Crippen molar-refractivity contribution in [2.45, 2.75) is 62.7 Å². The van der Waals surface area contributed by atoms with E-state index in [0.717, 1.165) is 16.8 Å². The molecule has 19 heavy (non-hydrogen) atoms. The molecule has 0 fully saturated rings. The third-order valence-corrected chi connectivity index (χ3v) is 4.67. The highest BCUT2D eigenvalue weighted by atomic mass is 127. The van der Waals surface area contributed by atoms with Crippen molar-refractivity contribution in [3.05, 3.63) is 34.9 Å². The van der Waals surface area contributed by atoms with Crippen molar-refractivity contribution in [1.29, 1.82) is 0 Å². The lowest BCUT2D eigenvalue weighted by Gasteiger charge is -2.08. The maximum absolute atomic E-state index is 13.6. The quantitative estimate of drug-likeness (QED) is 0.296. The molecule has 0 aliphatic heterocycles. The highest BCUT2D eigenvalue weighted by Gasteiger charge is 2.10. The first-order chi connectivity index (χ1) is 9.06. The summed E-state index contributed by atoms with van der Waals surface area (Å²) in [5.74, 6) is -1.34. The summed E-state index contributed by atoms with van der Waals surface area (Å²) in [7, 11) is 0. The SMILES string of the molecule is CCCC(I)CCCCCc1ccc(C)c(F)c1F. The molecule has 0 heterocycles. The molecule has 1 aromatic rings. The summed E-state index contributed by atoms with van der Waals surface area (Å²) in [4.78, 5) is 0. The first-order valence-electron chi connectivity index (χ1n) is 7.13. The van der Waals surface area contributed by atoms with Gasteiger partial charge in [-0.15, -0.1) is 0 Å². The number of benzene rings is 1. The van der Waals surface area contributed by atoms with Crippen LogP contribution in [0.3, 0.4) is 0 Å². The van der Waals surface area contributed by atoms with Crippen molar-refractivity contribution in [3.63, 3.8) is 0 Å². The molecule has 0 aromatic heterocycles. The van der Waals surface area contributed by atoms with Crippen LogP contribution in [0.5, 0.6) is 0 Å². The number of halogens is 3. The Labute approximate surface area is 129 Å². The van der Waals surface area contributed by atoms with Crippen molar-refractivity contribution in [2.24, 2.45) is 0 Å². The molecular formula is C16H23F2I. The zero-order valence-electron chi connectivity index (χ0n) is 11.8. The van der Waals surface area contributed by atoms with Crippen molar-refractivity contribution in [1.82, 2.24) is 0 Å². The Hall–Kier alpha value is -0.190. The van der Waals surface area contributed by atoms with Crippen LogP contribution in [0.1, 0.15) is 56.6 Å². The van der Waals surface area contributed by atoms with Crippen LogP contribution in [0.15, 0.2) is 12.1 Å². The van der Waals surface area contributed by atoms with E-state index < -0.39 is 11.6 Å². The number of hydrogen-bond donors (Lipinski definition) is 0. The number of hydrogen-bond acceptors (Lipinski definition) is 0. The Morgan fingerprint density at radius 3 is 2.47 bits per heavy atom. The fourth-order valence-electron chi connectivity index (χ4n) is 2.19. The van der Waals surface area contributed by atoms with Crippen molar-refractivity contribution >= 4 is 22.6 Å². The minimum atomic E-state index is -0.687. The van der Waals surface area contributed by atoms with E-state index in [0.29, 0.717) is 17.5 Å². The van der Waals surface area contributed by atoms with Gasteiger partial charge in [0.15, 0.2) is 11.6 Å². The number of alkyl halides is 1. The van der Waals surface area contributed by atoms with Gasteiger partial charge in [-0.1, -0.05) is 60.9 Å². The Morgan fingerprint density at radius 2 is 1.79 bits per heavy atom. The zero-order chi connectivity index (χ0) is 14.3. The average Bonchev–Trinajstić information content (AvgIpc) is 2.38. The number of rotatable bonds is 8. The number of aryl methyl sites for hydroxylation is 2. The largest absolute Gasteiger partial charge is 0.203 e. The molecular weight excluding hydrogens is 357 g/mol. The Balaban J connectivity index is 2.28. The van der Waals surface area contributed by atoms with Gasteiger partial charge >= 0.3 is 0 Å². The van der Waals surface area contributed by atoms with E-state index >= 15 is 0 Å². The molecule has 0 spiro atoms. The fraction of sp³-hybridized carbons (Fsp3) is 0.625. The van der Waals surface area contributed by atoms with Crippen LogP contribution in [-0.4, -0.2) is 3.92 Å². The van der Waals surface area contributed by atoms with Crippen molar-refractivity contribution in [3.8, 4) is 0 Å². The van der Waals surface area contributed by atoms with E-state index in [9.17, 15) is 8.78 Å². The van der Waals surface area contributed by atoms with E-state index in [1.54, 1.807) is 19.1 Å². The predicted molar refractivity (Wildman–Crippen MR) is 86.0 cm³/mol. The highest BCUT2D eigenvalue weighted by molar-refractivity contribution is 14.1. The Bertz CT molecular complexity index is 391. The molecule has 0 saturated carbocycles. The molecule has 108 valence electrons. The summed E-state index contributed by atoms with van der Waals surface area (Å²) in [6, 6.07) is 3.38. The summed E-state index contributed by atoms with van der Waals surface area (Å²) in [5, 5.41) is 0. The lowest BCUT2D eigenvalue weighted by atomic mass is 10.0. The van der Waals surface area contributed by atoms with Gasteiger partial charge in [-0.25, -0.2) is 8.78 Å². The van der Waals surface area contributed by atoms with E-state index in [4.69, 9.17) is 0 Å². The summed E-state index contributed by atoms with van der Waals surface area (Å²) < 4.78 is 27.8. The summed E-state index contributed by atoms with van der Waals surface area (Å²) in [6.07, 6.45) is 7.61. The molecule has 1 atom stereocenters. The second kappa shape index (κ2) is 8.88. The van der Waals surface area contributed by atoms with E-state index in [-0.39, 0.29) is 0 Å². The van der Waals surface area contributed by atoms with Gasteiger partial charge in [-0.05, 0) is 43.7 Å². The maximum Gasteiger partial charge on any atom is 0.162 e. The Morgan fingerprint density at radius 1 is 1.05 bits per heavy atom. The molecule has 0 amide bonds. The monoisotopic (exact) mass is 380 g/mol. The topological polar surface area (TPSA) is 0 Å². The van der Waals surface area contributed by atoms with Gasteiger partial charge in [0.25, 0.3) is 0 Å². The van der Waals surface area contributed by atoms with Crippen LogP contribution in [0.4, 0.5) is 8.78 Å². The average molecular weight is 380 g/mol. The Kier molecular flexibility index (Phi) is 7.88. The normalized spacial score (nSPS) is 12.7. The van der Waals surface area contributed by atoms with Crippen LogP contribution in [-0.2, 0) is 6.42 Å². The molecule has 0 bridgehead atoms. The molecule has 0 aliphatic rings. The van der Waals surface area contributed by atoms with Crippen LogP contribution in [0.2, 0.25) is 0 Å². The molecule has 1 rings (SSSR count). The molecule has 0 radical (unpaired) electrons. The van der Waals surface area contributed by atoms with Gasteiger partial charge in [-0.2, -0.15) is 0 Å². The lowest BCUT2D eigenvalue weighted by Crippen LogP contribution is -1.99. The molecule has 3 heteroatoms. The van der Waals surface area contributed by atoms with E-state index in [2.05, 4.69) is 29.5 Å². The summed E-state index contributed by atoms with van der Waals surface area (Å²) >= 11 is 2.51. The van der Waals surface area contributed by atoms with Crippen LogP contribution >= 0.6 is 22.6 Å². The van der Waals surface area contributed by atoms with E-state index in [1.165, 1.54) is 25.7 Å².